The Balaban J connectivity index is 1.56. The molecule has 1 N–H and O–H groups in total. The predicted octanol–water partition coefficient (Wildman–Crippen LogP) is 6.47. The van der Waals surface area contributed by atoms with Gasteiger partial charge < -0.3 is 9.72 Å². The van der Waals surface area contributed by atoms with Crippen LogP contribution in [0.15, 0.2) is 66.7 Å². The molecule has 0 radical (unpaired) electrons. The third-order valence-electron chi connectivity index (χ3n) is 4.87. The molecule has 4 rings (SSSR count). The number of nitrogens with one attached hydrogen (secondary N) is 1. The molecule has 3 heteroatoms. The third kappa shape index (κ3) is 3.87. The largest absolute Gasteiger partial charge is 0.427 e. The van der Waals surface area contributed by atoms with E-state index in [0.717, 1.165) is 46.8 Å². The van der Waals surface area contributed by atoms with Crippen LogP contribution in [0, 0.1) is 0 Å². The summed E-state index contributed by atoms with van der Waals surface area (Å²) < 4.78 is 5.48. The summed E-state index contributed by atoms with van der Waals surface area (Å²) in [5.74, 6) is 0.458. The Labute approximate surface area is 159 Å². The number of para-hydroxylation sites is 1. The lowest BCUT2D eigenvalue weighted by molar-refractivity contribution is -0.134. The van der Waals surface area contributed by atoms with E-state index in [1.165, 1.54) is 5.39 Å². The van der Waals surface area contributed by atoms with E-state index in [2.05, 4.69) is 48.3 Å². The lowest BCUT2D eigenvalue weighted by Gasteiger charge is -2.07. The number of ether oxygens (including phenoxy) is 1. The molecule has 0 saturated carbocycles. The maximum Gasteiger partial charge on any atom is 0.311 e. The number of unbranched alkanes of at least 4 members (excludes halogenated alkanes) is 2. The highest BCUT2D eigenvalue weighted by Crippen LogP contribution is 2.29. The molecular formula is C24H23NO2. The SMILES string of the molecule is CCCCCC(=O)Oc1ccc2cc(-c3cc4ccccc4[nH]3)ccc2c1. The maximum absolute atomic E-state index is 11.9. The van der Waals surface area contributed by atoms with Crippen LogP contribution in [0.1, 0.15) is 32.6 Å². The number of benzene rings is 3. The van der Waals surface area contributed by atoms with Gasteiger partial charge in [-0.3, -0.25) is 4.79 Å². The summed E-state index contributed by atoms with van der Waals surface area (Å²) in [4.78, 5) is 15.4. The summed E-state index contributed by atoms with van der Waals surface area (Å²) in [6.07, 6.45) is 3.52. The molecule has 0 spiro atoms. The number of rotatable bonds is 6. The molecule has 0 aliphatic rings. The van der Waals surface area contributed by atoms with Crippen molar-refractivity contribution in [1.82, 2.24) is 4.98 Å². The van der Waals surface area contributed by atoms with Gasteiger partial charge in [-0.15, -0.1) is 0 Å². The van der Waals surface area contributed by atoms with Crippen molar-refractivity contribution < 1.29 is 9.53 Å². The van der Waals surface area contributed by atoms with Gasteiger partial charge in [0, 0.05) is 23.0 Å². The Bertz CT molecular complexity index is 1060. The Hall–Kier alpha value is -3.07. The predicted molar refractivity (Wildman–Crippen MR) is 111 cm³/mol. The molecule has 0 aliphatic heterocycles. The fraction of sp³-hybridized carbons (Fsp3) is 0.208. The van der Waals surface area contributed by atoms with E-state index in [1.807, 2.05) is 30.3 Å². The highest BCUT2D eigenvalue weighted by molar-refractivity contribution is 5.91. The number of esters is 1. The van der Waals surface area contributed by atoms with Gasteiger partial charge in [0.25, 0.3) is 0 Å². The van der Waals surface area contributed by atoms with Gasteiger partial charge in [-0.25, -0.2) is 0 Å². The van der Waals surface area contributed by atoms with E-state index in [1.54, 1.807) is 0 Å². The lowest BCUT2D eigenvalue weighted by atomic mass is 10.0. The number of aromatic nitrogens is 1. The third-order valence-corrected chi connectivity index (χ3v) is 4.87. The minimum absolute atomic E-state index is 0.155. The second-order valence-corrected chi connectivity index (χ2v) is 6.93. The van der Waals surface area contributed by atoms with Gasteiger partial charge in [-0.2, -0.15) is 0 Å². The van der Waals surface area contributed by atoms with E-state index >= 15 is 0 Å². The van der Waals surface area contributed by atoms with Crippen LogP contribution in [-0.4, -0.2) is 11.0 Å². The Morgan fingerprint density at radius 1 is 0.889 bits per heavy atom. The molecule has 0 unspecified atom stereocenters. The Morgan fingerprint density at radius 3 is 2.56 bits per heavy atom. The maximum atomic E-state index is 11.9. The zero-order valence-electron chi connectivity index (χ0n) is 15.5. The van der Waals surface area contributed by atoms with Crippen molar-refractivity contribution in [2.45, 2.75) is 32.6 Å². The Morgan fingerprint density at radius 2 is 1.70 bits per heavy atom. The lowest BCUT2D eigenvalue weighted by Crippen LogP contribution is -2.07. The van der Waals surface area contributed by atoms with Gasteiger partial charge in [0.15, 0.2) is 0 Å². The second-order valence-electron chi connectivity index (χ2n) is 6.93. The first-order valence-electron chi connectivity index (χ1n) is 9.55. The zero-order chi connectivity index (χ0) is 18.6. The molecule has 27 heavy (non-hydrogen) atoms. The monoisotopic (exact) mass is 357 g/mol. The summed E-state index contributed by atoms with van der Waals surface area (Å²) in [6.45, 7) is 2.12. The van der Waals surface area contributed by atoms with Gasteiger partial charge in [-0.1, -0.05) is 56.2 Å². The average Bonchev–Trinajstić information content (AvgIpc) is 3.12. The van der Waals surface area contributed by atoms with Crippen LogP contribution in [0.5, 0.6) is 5.75 Å². The van der Waals surface area contributed by atoms with E-state index in [4.69, 9.17) is 4.74 Å². The minimum Gasteiger partial charge on any atom is -0.427 e. The van der Waals surface area contributed by atoms with Crippen LogP contribution in [0.2, 0.25) is 0 Å². The van der Waals surface area contributed by atoms with Crippen molar-refractivity contribution in [3.05, 3.63) is 66.7 Å². The van der Waals surface area contributed by atoms with Crippen molar-refractivity contribution >= 4 is 27.6 Å². The highest BCUT2D eigenvalue weighted by Gasteiger charge is 2.07. The number of hydrogen-bond donors (Lipinski definition) is 1. The minimum atomic E-state index is -0.155. The normalized spacial score (nSPS) is 11.1. The molecule has 0 saturated heterocycles. The number of carbonyl (C=O) groups is 1. The molecule has 1 heterocycles. The molecule has 3 nitrogen and oxygen atoms in total. The van der Waals surface area contributed by atoms with Crippen molar-refractivity contribution in [3.63, 3.8) is 0 Å². The van der Waals surface area contributed by atoms with Crippen LogP contribution < -0.4 is 4.74 Å². The van der Waals surface area contributed by atoms with Crippen LogP contribution in [0.25, 0.3) is 32.9 Å². The number of H-pyrrole nitrogens is 1. The van der Waals surface area contributed by atoms with Crippen molar-refractivity contribution in [2.75, 3.05) is 0 Å². The van der Waals surface area contributed by atoms with Gasteiger partial charge in [-0.05, 0) is 53.1 Å². The van der Waals surface area contributed by atoms with Gasteiger partial charge in [0.1, 0.15) is 5.75 Å². The molecule has 0 aliphatic carbocycles. The number of carbonyl (C=O) groups excluding carboxylic acids is 1. The first-order chi connectivity index (χ1) is 13.2. The van der Waals surface area contributed by atoms with Crippen molar-refractivity contribution in [3.8, 4) is 17.0 Å². The summed E-state index contributed by atoms with van der Waals surface area (Å²) in [7, 11) is 0. The smallest absolute Gasteiger partial charge is 0.311 e. The number of aromatic amines is 1. The van der Waals surface area contributed by atoms with E-state index in [9.17, 15) is 4.79 Å². The first kappa shape index (κ1) is 17.3. The number of fused-ring (bicyclic) bond motifs is 2. The summed E-state index contributed by atoms with van der Waals surface area (Å²) >= 11 is 0. The van der Waals surface area contributed by atoms with Crippen molar-refractivity contribution in [1.29, 1.82) is 0 Å². The quantitative estimate of drug-likeness (QED) is 0.244. The topological polar surface area (TPSA) is 42.1 Å². The molecule has 0 fully saturated rings. The fourth-order valence-corrected chi connectivity index (χ4v) is 3.39. The average molecular weight is 357 g/mol. The summed E-state index contributed by atoms with van der Waals surface area (Å²) in [5.41, 5.74) is 3.38. The van der Waals surface area contributed by atoms with E-state index in [0.29, 0.717) is 12.2 Å². The highest BCUT2D eigenvalue weighted by atomic mass is 16.5. The van der Waals surface area contributed by atoms with Gasteiger partial charge in [0.05, 0.1) is 0 Å². The molecule has 0 bridgehead atoms. The molecule has 3 aromatic carbocycles. The molecule has 4 aromatic rings. The molecule has 136 valence electrons. The van der Waals surface area contributed by atoms with Crippen LogP contribution >= 0.6 is 0 Å². The zero-order valence-corrected chi connectivity index (χ0v) is 15.5. The van der Waals surface area contributed by atoms with Gasteiger partial charge in [0.2, 0.25) is 0 Å². The fourth-order valence-electron chi connectivity index (χ4n) is 3.39. The summed E-state index contributed by atoms with van der Waals surface area (Å²) in [6, 6.07) is 22.6. The molecule has 0 amide bonds. The second kappa shape index (κ2) is 7.67. The van der Waals surface area contributed by atoms with Crippen LogP contribution in [0.3, 0.4) is 0 Å². The van der Waals surface area contributed by atoms with Gasteiger partial charge >= 0.3 is 5.97 Å². The van der Waals surface area contributed by atoms with E-state index in [-0.39, 0.29) is 5.97 Å². The van der Waals surface area contributed by atoms with Crippen molar-refractivity contribution in [2.24, 2.45) is 0 Å². The van der Waals surface area contributed by atoms with E-state index < -0.39 is 0 Å². The number of hydrogen-bond acceptors (Lipinski definition) is 2. The van der Waals surface area contributed by atoms with Crippen LogP contribution in [0.4, 0.5) is 0 Å². The first-order valence-corrected chi connectivity index (χ1v) is 9.55. The Kier molecular flexibility index (Phi) is 4.93. The molecular weight excluding hydrogens is 334 g/mol. The standard InChI is InChI=1S/C24H23NO2/c1-2-3-4-9-24(26)27-21-13-12-17-14-20(11-10-18(17)15-21)23-16-19-7-5-6-8-22(19)25-23/h5-8,10-16,25H,2-4,9H2,1H3. The van der Waals surface area contributed by atoms with Crippen LogP contribution in [-0.2, 0) is 4.79 Å². The molecule has 0 atom stereocenters. The summed E-state index contributed by atoms with van der Waals surface area (Å²) in [5, 5.41) is 3.39. The molecule has 1 aromatic heterocycles.